The molecule has 3 aliphatic rings. The average molecular weight is 237 g/mol. The Bertz CT molecular complexity index is 291. The summed E-state index contributed by atoms with van der Waals surface area (Å²) < 4.78 is 0. The van der Waals surface area contributed by atoms with Crippen LogP contribution < -0.4 is 0 Å². The summed E-state index contributed by atoms with van der Waals surface area (Å²) >= 11 is 0. The summed E-state index contributed by atoms with van der Waals surface area (Å²) in [6.07, 6.45) is 10.3. The van der Waals surface area contributed by atoms with E-state index >= 15 is 0 Å². The molecular weight excluding hydrogens is 210 g/mol. The Labute approximate surface area is 105 Å². The zero-order valence-electron chi connectivity index (χ0n) is 11.4. The van der Waals surface area contributed by atoms with Crippen LogP contribution >= 0.6 is 0 Å². The molecule has 0 saturated carbocycles. The van der Waals surface area contributed by atoms with Gasteiger partial charge in [0.15, 0.2) is 0 Å². The minimum absolute atomic E-state index is 0.0527. The Morgan fingerprint density at radius 1 is 1.18 bits per heavy atom. The number of rotatable bonds is 1. The van der Waals surface area contributed by atoms with Crippen LogP contribution in [-0.2, 0) is 0 Å². The van der Waals surface area contributed by atoms with Crippen LogP contribution in [-0.4, -0.2) is 33.7 Å². The monoisotopic (exact) mass is 237 g/mol. The Morgan fingerprint density at radius 2 is 1.88 bits per heavy atom. The number of aliphatic hydroxyl groups is 1. The van der Waals surface area contributed by atoms with E-state index in [1.165, 1.54) is 38.5 Å². The zero-order chi connectivity index (χ0) is 12.0. The van der Waals surface area contributed by atoms with Crippen LogP contribution in [0.25, 0.3) is 0 Å². The van der Waals surface area contributed by atoms with Gasteiger partial charge in [0.25, 0.3) is 0 Å². The van der Waals surface area contributed by atoms with Crippen LogP contribution in [0, 0.1) is 5.92 Å². The van der Waals surface area contributed by atoms with Gasteiger partial charge in [0.1, 0.15) is 0 Å². The highest BCUT2D eigenvalue weighted by atomic mass is 16.3. The molecule has 3 aliphatic heterocycles. The molecule has 0 aromatic heterocycles. The molecule has 0 aromatic rings. The van der Waals surface area contributed by atoms with Crippen molar-refractivity contribution in [3.05, 3.63) is 0 Å². The molecule has 0 bridgehead atoms. The molecule has 0 spiro atoms. The predicted molar refractivity (Wildman–Crippen MR) is 69.9 cm³/mol. The van der Waals surface area contributed by atoms with Crippen molar-refractivity contribution >= 4 is 0 Å². The standard InChI is InChI=1S/C15H27NO/c1-3-13-14(17)10-12-7-4-6-11-8-5-9-15(13,2)16(11)12/h11-14,17H,3-10H2,1-2H3. The van der Waals surface area contributed by atoms with Crippen LogP contribution in [0.3, 0.4) is 0 Å². The summed E-state index contributed by atoms with van der Waals surface area (Å²) in [5.74, 6) is 0.500. The van der Waals surface area contributed by atoms with E-state index in [0.29, 0.717) is 17.5 Å². The largest absolute Gasteiger partial charge is 0.393 e. The molecule has 5 atom stereocenters. The molecule has 2 heteroatoms. The van der Waals surface area contributed by atoms with Crippen molar-refractivity contribution in [2.24, 2.45) is 5.92 Å². The van der Waals surface area contributed by atoms with Gasteiger partial charge in [-0.25, -0.2) is 0 Å². The highest BCUT2D eigenvalue weighted by molar-refractivity contribution is 5.08. The van der Waals surface area contributed by atoms with Crippen LogP contribution in [0.2, 0.25) is 0 Å². The third-order valence-electron chi connectivity index (χ3n) is 5.89. The molecule has 3 fully saturated rings. The van der Waals surface area contributed by atoms with E-state index in [0.717, 1.165) is 18.9 Å². The maximum absolute atomic E-state index is 10.5. The molecule has 3 heterocycles. The predicted octanol–water partition coefficient (Wildman–Crippen LogP) is 2.94. The summed E-state index contributed by atoms with van der Waals surface area (Å²) in [5.41, 5.74) is 0.292. The number of aliphatic hydroxyl groups excluding tert-OH is 1. The maximum atomic E-state index is 10.5. The molecule has 0 amide bonds. The van der Waals surface area contributed by atoms with E-state index < -0.39 is 0 Å². The van der Waals surface area contributed by atoms with Crippen molar-refractivity contribution in [1.82, 2.24) is 4.90 Å². The SMILES string of the molecule is CCC1C(O)CC2CCCC3CCCC1(C)N32. The minimum atomic E-state index is -0.0527. The van der Waals surface area contributed by atoms with Gasteiger partial charge in [-0.2, -0.15) is 0 Å². The number of hydrogen-bond acceptors (Lipinski definition) is 2. The molecule has 17 heavy (non-hydrogen) atoms. The number of piperidine rings is 3. The van der Waals surface area contributed by atoms with Gasteiger partial charge in [0.05, 0.1) is 6.10 Å². The molecule has 0 aromatic carbocycles. The first-order chi connectivity index (χ1) is 8.16. The fourth-order valence-electron chi connectivity index (χ4n) is 5.29. The molecule has 3 saturated heterocycles. The molecule has 3 rings (SSSR count). The fourth-order valence-corrected chi connectivity index (χ4v) is 5.29. The van der Waals surface area contributed by atoms with Gasteiger partial charge in [-0.15, -0.1) is 0 Å². The smallest absolute Gasteiger partial charge is 0.0600 e. The van der Waals surface area contributed by atoms with Crippen LogP contribution in [0.4, 0.5) is 0 Å². The van der Waals surface area contributed by atoms with Gasteiger partial charge in [-0.1, -0.05) is 19.8 Å². The Kier molecular flexibility index (Phi) is 2.99. The highest BCUT2D eigenvalue weighted by Crippen LogP contribution is 2.50. The summed E-state index contributed by atoms with van der Waals surface area (Å²) in [5, 5.41) is 10.5. The Hall–Kier alpha value is -0.0800. The zero-order valence-corrected chi connectivity index (χ0v) is 11.4. The Morgan fingerprint density at radius 3 is 2.65 bits per heavy atom. The van der Waals surface area contributed by atoms with Crippen molar-refractivity contribution in [2.45, 2.75) is 88.9 Å². The third kappa shape index (κ3) is 1.67. The number of hydrogen-bond donors (Lipinski definition) is 1. The minimum Gasteiger partial charge on any atom is -0.393 e. The van der Waals surface area contributed by atoms with Gasteiger partial charge >= 0.3 is 0 Å². The normalized spacial score (nSPS) is 51.0. The summed E-state index contributed by atoms with van der Waals surface area (Å²) in [7, 11) is 0. The highest BCUT2D eigenvalue weighted by Gasteiger charge is 2.53. The molecule has 0 radical (unpaired) electrons. The van der Waals surface area contributed by atoms with Crippen molar-refractivity contribution in [3.63, 3.8) is 0 Å². The van der Waals surface area contributed by atoms with Crippen molar-refractivity contribution in [2.75, 3.05) is 0 Å². The molecule has 98 valence electrons. The van der Waals surface area contributed by atoms with E-state index in [1.54, 1.807) is 0 Å². The van der Waals surface area contributed by atoms with Gasteiger partial charge < -0.3 is 5.11 Å². The summed E-state index contributed by atoms with van der Waals surface area (Å²) in [4.78, 5) is 2.85. The topological polar surface area (TPSA) is 23.5 Å². The first kappa shape index (κ1) is 12.0. The van der Waals surface area contributed by atoms with Gasteiger partial charge in [0, 0.05) is 23.5 Å². The van der Waals surface area contributed by atoms with E-state index in [9.17, 15) is 5.11 Å². The summed E-state index contributed by atoms with van der Waals surface area (Å²) in [6, 6.07) is 1.51. The molecule has 5 unspecified atom stereocenters. The quantitative estimate of drug-likeness (QED) is 0.758. The lowest BCUT2D eigenvalue weighted by atomic mass is 9.64. The van der Waals surface area contributed by atoms with E-state index in [2.05, 4.69) is 18.7 Å². The van der Waals surface area contributed by atoms with Crippen LogP contribution in [0.5, 0.6) is 0 Å². The van der Waals surface area contributed by atoms with Crippen molar-refractivity contribution in [1.29, 1.82) is 0 Å². The molecule has 2 nitrogen and oxygen atoms in total. The van der Waals surface area contributed by atoms with E-state index in [1.807, 2.05) is 0 Å². The average Bonchev–Trinajstić information content (AvgIpc) is 2.29. The first-order valence-corrected chi connectivity index (χ1v) is 7.63. The van der Waals surface area contributed by atoms with Crippen LogP contribution in [0.1, 0.15) is 65.2 Å². The Balaban J connectivity index is 1.95. The fraction of sp³-hybridized carbons (Fsp3) is 1.00. The van der Waals surface area contributed by atoms with E-state index in [-0.39, 0.29) is 6.10 Å². The molecule has 1 N–H and O–H groups in total. The third-order valence-corrected chi connectivity index (χ3v) is 5.89. The number of nitrogens with zero attached hydrogens (tertiary/aromatic N) is 1. The van der Waals surface area contributed by atoms with Crippen molar-refractivity contribution < 1.29 is 5.11 Å². The van der Waals surface area contributed by atoms with Crippen molar-refractivity contribution in [3.8, 4) is 0 Å². The lowest BCUT2D eigenvalue weighted by Crippen LogP contribution is -2.69. The lowest BCUT2D eigenvalue weighted by Gasteiger charge is -2.63. The van der Waals surface area contributed by atoms with Gasteiger partial charge in [0.2, 0.25) is 0 Å². The maximum Gasteiger partial charge on any atom is 0.0600 e. The van der Waals surface area contributed by atoms with E-state index in [4.69, 9.17) is 0 Å². The second-order valence-electron chi connectivity index (χ2n) is 6.71. The van der Waals surface area contributed by atoms with Crippen LogP contribution in [0.15, 0.2) is 0 Å². The second-order valence-corrected chi connectivity index (χ2v) is 6.71. The lowest BCUT2D eigenvalue weighted by molar-refractivity contribution is -0.155. The molecular formula is C15H27NO. The second kappa shape index (κ2) is 4.24. The van der Waals surface area contributed by atoms with Gasteiger partial charge in [-0.3, -0.25) is 4.90 Å². The molecule has 0 aliphatic carbocycles. The first-order valence-electron chi connectivity index (χ1n) is 7.63. The summed E-state index contributed by atoms with van der Waals surface area (Å²) in [6.45, 7) is 4.70. The van der Waals surface area contributed by atoms with Gasteiger partial charge in [-0.05, 0) is 45.4 Å².